The highest BCUT2D eigenvalue weighted by Crippen LogP contribution is 2.34. The van der Waals surface area contributed by atoms with Crippen LogP contribution in [-0.2, 0) is 13.0 Å². The summed E-state index contributed by atoms with van der Waals surface area (Å²) in [5.41, 5.74) is 3.21. The number of amides is 1. The lowest BCUT2D eigenvalue weighted by Crippen LogP contribution is -2.28. The van der Waals surface area contributed by atoms with Crippen LogP contribution < -0.4 is 10.0 Å². The molecular weight excluding hydrogens is 335 g/mol. The van der Waals surface area contributed by atoms with Crippen LogP contribution in [0, 0.1) is 5.82 Å². The maximum absolute atomic E-state index is 14.2. The molecule has 0 aromatic heterocycles. The van der Waals surface area contributed by atoms with Crippen molar-refractivity contribution >= 4 is 29.5 Å². The predicted octanol–water partition coefficient (Wildman–Crippen LogP) is 4.01. The Hall–Kier alpha value is -1.56. The van der Waals surface area contributed by atoms with Crippen LogP contribution in [0.25, 0.3) is 0 Å². The highest BCUT2D eigenvalue weighted by atomic mass is 35.5. The maximum Gasteiger partial charge on any atom is 0.254 e. The Labute approximate surface area is 142 Å². The molecule has 0 fully saturated rings. The van der Waals surface area contributed by atoms with Gasteiger partial charge in [0.15, 0.2) is 0 Å². The number of carbonyl (C=O) groups is 1. The molecule has 0 saturated heterocycles. The van der Waals surface area contributed by atoms with Crippen molar-refractivity contribution in [2.24, 2.45) is 0 Å². The fourth-order valence-electron chi connectivity index (χ4n) is 3.17. The molecule has 6 heteroatoms. The van der Waals surface area contributed by atoms with Gasteiger partial charge in [-0.25, -0.2) is 4.39 Å². The summed E-state index contributed by atoms with van der Waals surface area (Å²) in [6.45, 7) is 0.621. The first-order valence-electron chi connectivity index (χ1n) is 7.43. The van der Waals surface area contributed by atoms with E-state index >= 15 is 0 Å². The first kappa shape index (κ1) is 15.0. The molecular formula is C17H14ClFN2OS. The molecule has 1 heterocycles. The van der Waals surface area contributed by atoms with Crippen LogP contribution in [0.15, 0.2) is 35.2 Å². The lowest BCUT2D eigenvalue weighted by atomic mass is 10.1. The van der Waals surface area contributed by atoms with Gasteiger partial charge in [0.2, 0.25) is 0 Å². The minimum absolute atomic E-state index is 0.0896. The molecule has 1 amide bonds. The molecule has 2 aromatic rings. The Morgan fingerprint density at radius 1 is 1.30 bits per heavy atom. The number of nitrogens with one attached hydrogen (secondary N) is 2. The summed E-state index contributed by atoms with van der Waals surface area (Å²) in [6.07, 6.45) is 1.68. The van der Waals surface area contributed by atoms with Gasteiger partial charge in [0, 0.05) is 16.5 Å². The van der Waals surface area contributed by atoms with E-state index in [0.717, 1.165) is 34.4 Å². The molecule has 3 nitrogen and oxygen atoms in total. The van der Waals surface area contributed by atoms with Gasteiger partial charge in [0.05, 0.1) is 11.6 Å². The second-order valence-electron chi connectivity index (χ2n) is 5.77. The third-order valence-corrected chi connectivity index (χ3v) is 5.45. The monoisotopic (exact) mass is 348 g/mol. The molecule has 2 aliphatic rings. The Balaban J connectivity index is 1.58. The van der Waals surface area contributed by atoms with Gasteiger partial charge in [0.1, 0.15) is 5.82 Å². The number of carbonyl (C=O) groups excluding carboxylic acids is 1. The second-order valence-corrected chi connectivity index (χ2v) is 7.14. The van der Waals surface area contributed by atoms with Crippen molar-refractivity contribution in [1.29, 1.82) is 0 Å². The highest BCUT2D eigenvalue weighted by Gasteiger charge is 2.26. The van der Waals surface area contributed by atoms with Gasteiger partial charge in [-0.1, -0.05) is 17.7 Å². The Bertz CT molecular complexity index is 811. The number of aryl methyl sites for hydroxylation is 1. The summed E-state index contributed by atoms with van der Waals surface area (Å²) < 4.78 is 17.3. The van der Waals surface area contributed by atoms with E-state index in [-0.39, 0.29) is 17.5 Å². The van der Waals surface area contributed by atoms with E-state index in [2.05, 4.69) is 10.0 Å². The number of rotatable bonds is 2. The number of fused-ring (bicyclic) bond motifs is 2. The van der Waals surface area contributed by atoms with Crippen molar-refractivity contribution in [3.05, 3.63) is 63.4 Å². The molecule has 0 unspecified atom stereocenters. The first-order chi connectivity index (χ1) is 11.1. The quantitative estimate of drug-likeness (QED) is 0.806. The summed E-state index contributed by atoms with van der Waals surface area (Å²) in [5, 5.41) is 3.65. The minimum atomic E-state index is -0.472. The number of hydrogen-bond donors (Lipinski definition) is 2. The van der Waals surface area contributed by atoms with Gasteiger partial charge in [-0.05, 0) is 65.7 Å². The molecule has 1 aliphatic heterocycles. The topological polar surface area (TPSA) is 41.1 Å². The Kier molecular flexibility index (Phi) is 3.79. The van der Waals surface area contributed by atoms with Crippen molar-refractivity contribution in [2.75, 3.05) is 0 Å². The van der Waals surface area contributed by atoms with E-state index in [4.69, 9.17) is 11.6 Å². The fraction of sp³-hybridized carbons (Fsp3) is 0.235. The second kappa shape index (κ2) is 5.82. The third kappa shape index (κ3) is 2.73. The van der Waals surface area contributed by atoms with Gasteiger partial charge in [0.25, 0.3) is 5.91 Å². The standard InChI is InChI=1S/C17H14ClFN2OS/c18-11-2-3-12-9(5-11)1-4-15(12)21-17(22)13-7-16-10(6-14(13)19)8-20-23-16/h2-3,5-7,15,20H,1,4,8H2,(H,21,22)/t15-/m1/s1. The van der Waals surface area contributed by atoms with Gasteiger partial charge in [-0.15, -0.1) is 0 Å². The Morgan fingerprint density at radius 3 is 3.04 bits per heavy atom. The van der Waals surface area contributed by atoms with Crippen molar-refractivity contribution < 1.29 is 9.18 Å². The summed E-state index contributed by atoms with van der Waals surface area (Å²) >= 11 is 7.43. The molecule has 4 rings (SSSR count). The minimum Gasteiger partial charge on any atom is -0.345 e. The molecule has 2 aromatic carbocycles. The van der Waals surface area contributed by atoms with E-state index in [1.54, 1.807) is 6.07 Å². The van der Waals surface area contributed by atoms with Crippen LogP contribution in [-0.4, -0.2) is 5.91 Å². The van der Waals surface area contributed by atoms with Crippen molar-refractivity contribution in [1.82, 2.24) is 10.0 Å². The highest BCUT2D eigenvalue weighted by molar-refractivity contribution is 7.97. The molecule has 0 radical (unpaired) electrons. The van der Waals surface area contributed by atoms with Crippen LogP contribution in [0.5, 0.6) is 0 Å². The van der Waals surface area contributed by atoms with Gasteiger partial charge in [-0.3, -0.25) is 9.52 Å². The molecule has 23 heavy (non-hydrogen) atoms. The number of benzene rings is 2. The average Bonchev–Trinajstić information content (AvgIpc) is 3.12. The van der Waals surface area contributed by atoms with Crippen LogP contribution in [0.3, 0.4) is 0 Å². The lowest BCUT2D eigenvalue weighted by Gasteiger charge is -2.15. The number of halogens is 2. The molecule has 0 spiro atoms. The van der Waals surface area contributed by atoms with E-state index in [1.807, 2.05) is 18.2 Å². The summed E-state index contributed by atoms with van der Waals surface area (Å²) in [7, 11) is 0. The molecule has 1 aliphatic carbocycles. The summed E-state index contributed by atoms with van der Waals surface area (Å²) in [5.74, 6) is -0.842. The molecule has 2 N–H and O–H groups in total. The van der Waals surface area contributed by atoms with Gasteiger partial charge < -0.3 is 5.32 Å². The van der Waals surface area contributed by atoms with Crippen LogP contribution in [0.1, 0.15) is 39.5 Å². The smallest absolute Gasteiger partial charge is 0.254 e. The zero-order valence-corrected chi connectivity index (χ0v) is 13.7. The van der Waals surface area contributed by atoms with Gasteiger partial charge >= 0.3 is 0 Å². The molecule has 0 saturated carbocycles. The normalized spacial score (nSPS) is 18.6. The summed E-state index contributed by atoms with van der Waals surface area (Å²) in [6, 6.07) is 8.68. The zero-order chi connectivity index (χ0) is 16.0. The van der Waals surface area contributed by atoms with E-state index in [1.165, 1.54) is 18.0 Å². The third-order valence-electron chi connectivity index (χ3n) is 4.33. The van der Waals surface area contributed by atoms with Crippen molar-refractivity contribution in [2.45, 2.75) is 30.3 Å². The summed E-state index contributed by atoms with van der Waals surface area (Å²) in [4.78, 5) is 13.4. The SMILES string of the molecule is O=C(N[C@@H]1CCc2cc(Cl)ccc21)c1cc2c(cc1F)CNS2. The Morgan fingerprint density at radius 2 is 2.17 bits per heavy atom. The van der Waals surface area contributed by atoms with Crippen molar-refractivity contribution in [3.8, 4) is 0 Å². The predicted molar refractivity (Wildman–Crippen MR) is 89.1 cm³/mol. The van der Waals surface area contributed by atoms with E-state index in [0.29, 0.717) is 11.6 Å². The average molecular weight is 349 g/mol. The lowest BCUT2D eigenvalue weighted by molar-refractivity contribution is 0.0932. The zero-order valence-electron chi connectivity index (χ0n) is 12.2. The molecule has 118 valence electrons. The number of hydrogen-bond acceptors (Lipinski definition) is 3. The fourth-order valence-corrected chi connectivity index (χ4v) is 4.18. The van der Waals surface area contributed by atoms with Crippen LogP contribution >= 0.6 is 23.5 Å². The molecule has 0 bridgehead atoms. The van der Waals surface area contributed by atoms with E-state index in [9.17, 15) is 9.18 Å². The first-order valence-corrected chi connectivity index (χ1v) is 8.62. The largest absolute Gasteiger partial charge is 0.345 e. The van der Waals surface area contributed by atoms with Crippen LogP contribution in [0.4, 0.5) is 4.39 Å². The van der Waals surface area contributed by atoms with Gasteiger partial charge in [-0.2, -0.15) is 0 Å². The van der Waals surface area contributed by atoms with Crippen molar-refractivity contribution in [3.63, 3.8) is 0 Å². The van der Waals surface area contributed by atoms with E-state index < -0.39 is 5.82 Å². The van der Waals surface area contributed by atoms with Crippen LogP contribution in [0.2, 0.25) is 5.02 Å². The molecule has 1 atom stereocenters. The maximum atomic E-state index is 14.2.